The number of hydrogen-bond donors (Lipinski definition) is 1. The fourth-order valence-electron chi connectivity index (χ4n) is 2.89. The molecule has 1 heterocycles. The van der Waals surface area contributed by atoms with Crippen molar-refractivity contribution in [1.82, 2.24) is 15.0 Å². The fraction of sp³-hybridized carbons (Fsp3) is 0.250. The van der Waals surface area contributed by atoms with Crippen LogP contribution < -0.4 is 10.2 Å². The van der Waals surface area contributed by atoms with Gasteiger partial charge in [0.2, 0.25) is 0 Å². The third-order valence-electron chi connectivity index (χ3n) is 4.11. The van der Waals surface area contributed by atoms with E-state index in [1.54, 1.807) is 18.3 Å². The quantitative estimate of drug-likeness (QED) is 0.546. The Morgan fingerprint density at radius 3 is 2.85 bits per heavy atom. The van der Waals surface area contributed by atoms with Crippen molar-refractivity contribution in [2.45, 2.75) is 27.3 Å². The second-order valence-electron chi connectivity index (χ2n) is 5.78. The Morgan fingerprint density at radius 2 is 2.08 bits per heavy atom. The minimum absolute atomic E-state index is 0.277. The van der Waals surface area contributed by atoms with E-state index in [-0.39, 0.29) is 5.91 Å². The Balaban J connectivity index is 1.75. The summed E-state index contributed by atoms with van der Waals surface area (Å²) in [6.45, 7) is 7.37. The van der Waals surface area contributed by atoms with Gasteiger partial charge in [0.05, 0.1) is 23.9 Å². The number of rotatable bonds is 6. The molecular weight excluding hydrogens is 328 g/mol. The zero-order chi connectivity index (χ0) is 18.5. The highest BCUT2D eigenvalue weighted by Crippen LogP contribution is 2.18. The number of amides is 1. The van der Waals surface area contributed by atoms with Crippen molar-refractivity contribution in [2.75, 3.05) is 6.61 Å². The van der Waals surface area contributed by atoms with Crippen LogP contribution in [0.2, 0.25) is 0 Å². The molecule has 0 aliphatic heterocycles. The lowest BCUT2D eigenvalue weighted by atomic mass is 10.2. The first kappa shape index (κ1) is 17.7. The van der Waals surface area contributed by atoms with Crippen LogP contribution in [-0.2, 0) is 6.54 Å². The van der Waals surface area contributed by atoms with E-state index in [4.69, 9.17) is 4.74 Å². The SMILES string of the molecule is CCOc1ccccc1/C=N/NC(=O)c1ccc2c(c1)nc(C)n2CC. The maximum absolute atomic E-state index is 12.4. The Morgan fingerprint density at radius 1 is 1.27 bits per heavy atom. The summed E-state index contributed by atoms with van der Waals surface area (Å²) >= 11 is 0. The van der Waals surface area contributed by atoms with Gasteiger partial charge >= 0.3 is 0 Å². The van der Waals surface area contributed by atoms with E-state index in [2.05, 4.69) is 27.0 Å². The Labute approximate surface area is 152 Å². The summed E-state index contributed by atoms with van der Waals surface area (Å²) < 4.78 is 7.65. The summed E-state index contributed by atoms with van der Waals surface area (Å²) in [5.41, 5.74) is 5.72. The monoisotopic (exact) mass is 350 g/mol. The molecule has 0 unspecified atom stereocenters. The molecule has 0 fully saturated rings. The molecule has 1 N–H and O–H groups in total. The number of imidazole rings is 1. The maximum Gasteiger partial charge on any atom is 0.271 e. The van der Waals surface area contributed by atoms with Crippen molar-refractivity contribution in [3.63, 3.8) is 0 Å². The average molecular weight is 350 g/mol. The number of aromatic nitrogens is 2. The topological polar surface area (TPSA) is 68.5 Å². The van der Waals surface area contributed by atoms with E-state index in [1.807, 2.05) is 44.2 Å². The van der Waals surface area contributed by atoms with Gasteiger partial charge in [-0.3, -0.25) is 4.79 Å². The smallest absolute Gasteiger partial charge is 0.271 e. The lowest BCUT2D eigenvalue weighted by molar-refractivity contribution is 0.0955. The molecule has 134 valence electrons. The molecular formula is C20H22N4O2. The van der Waals surface area contributed by atoms with Crippen molar-refractivity contribution in [3.8, 4) is 5.75 Å². The molecule has 0 spiro atoms. The average Bonchev–Trinajstić information content (AvgIpc) is 2.97. The van der Waals surface area contributed by atoms with Gasteiger partial charge in [0.25, 0.3) is 5.91 Å². The van der Waals surface area contributed by atoms with Gasteiger partial charge in [0, 0.05) is 17.7 Å². The van der Waals surface area contributed by atoms with Crippen molar-refractivity contribution in [2.24, 2.45) is 5.10 Å². The zero-order valence-electron chi connectivity index (χ0n) is 15.2. The molecule has 0 radical (unpaired) electrons. The molecule has 0 saturated heterocycles. The second kappa shape index (κ2) is 7.82. The number of ether oxygens (including phenoxy) is 1. The van der Waals surface area contributed by atoms with Crippen molar-refractivity contribution in [3.05, 3.63) is 59.4 Å². The van der Waals surface area contributed by atoms with Gasteiger partial charge in [-0.15, -0.1) is 0 Å². The van der Waals surface area contributed by atoms with Crippen LogP contribution in [0.15, 0.2) is 47.6 Å². The number of hydrogen-bond acceptors (Lipinski definition) is 4. The van der Waals surface area contributed by atoms with Crippen LogP contribution in [0.3, 0.4) is 0 Å². The van der Waals surface area contributed by atoms with Gasteiger partial charge < -0.3 is 9.30 Å². The normalized spacial score (nSPS) is 11.2. The summed E-state index contributed by atoms with van der Waals surface area (Å²) in [6, 6.07) is 13.0. The number of nitrogens with one attached hydrogen (secondary N) is 1. The van der Waals surface area contributed by atoms with Gasteiger partial charge in [-0.1, -0.05) is 12.1 Å². The zero-order valence-corrected chi connectivity index (χ0v) is 15.2. The van der Waals surface area contributed by atoms with Gasteiger partial charge in [-0.25, -0.2) is 10.4 Å². The summed E-state index contributed by atoms with van der Waals surface area (Å²) in [7, 11) is 0. The highest BCUT2D eigenvalue weighted by Gasteiger charge is 2.10. The van der Waals surface area contributed by atoms with Crippen LogP contribution in [0.5, 0.6) is 5.75 Å². The minimum Gasteiger partial charge on any atom is -0.493 e. The van der Waals surface area contributed by atoms with Crippen LogP contribution in [0.4, 0.5) is 0 Å². The van der Waals surface area contributed by atoms with E-state index < -0.39 is 0 Å². The van der Waals surface area contributed by atoms with Gasteiger partial charge in [0.15, 0.2) is 0 Å². The molecule has 3 aromatic rings. The first-order valence-corrected chi connectivity index (χ1v) is 8.66. The summed E-state index contributed by atoms with van der Waals surface area (Å²) in [5.74, 6) is 1.39. The number of nitrogens with zero attached hydrogens (tertiary/aromatic N) is 3. The third-order valence-corrected chi connectivity index (χ3v) is 4.11. The van der Waals surface area contributed by atoms with Crippen molar-refractivity contribution < 1.29 is 9.53 Å². The number of carbonyl (C=O) groups excluding carboxylic acids is 1. The first-order chi connectivity index (χ1) is 12.6. The number of hydrazone groups is 1. The van der Waals surface area contributed by atoms with Crippen molar-refractivity contribution in [1.29, 1.82) is 0 Å². The highest BCUT2D eigenvalue weighted by atomic mass is 16.5. The van der Waals surface area contributed by atoms with Crippen LogP contribution in [0.1, 0.15) is 35.6 Å². The molecule has 0 atom stereocenters. The number of aryl methyl sites for hydroxylation is 2. The van der Waals surface area contributed by atoms with E-state index in [1.165, 1.54) is 0 Å². The highest BCUT2D eigenvalue weighted by molar-refractivity contribution is 5.98. The summed E-state index contributed by atoms with van der Waals surface area (Å²) in [6.07, 6.45) is 1.58. The first-order valence-electron chi connectivity index (χ1n) is 8.66. The van der Waals surface area contributed by atoms with Crippen LogP contribution in [0, 0.1) is 6.92 Å². The molecule has 6 heteroatoms. The second-order valence-corrected chi connectivity index (χ2v) is 5.78. The molecule has 3 rings (SSSR count). The number of carbonyl (C=O) groups is 1. The lowest BCUT2D eigenvalue weighted by Crippen LogP contribution is -2.17. The standard InChI is InChI=1S/C20H22N4O2/c1-4-24-14(3)22-17-12-15(10-11-18(17)24)20(25)23-21-13-16-8-6-7-9-19(16)26-5-2/h6-13H,4-5H2,1-3H3,(H,23,25)/b21-13+. The molecule has 1 aromatic heterocycles. The summed E-state index contributed by atoms with van der Waals surface area (Å²) in [4.78, 5) is 16.9. The molecule has 0 saturated carbocycles. The van der Waals surface area contributed by atoms with Crippen LogP contribution >= 0.6 is 0 Å². The largest absolute Gasteiger partial charge is 0.493 e. The van der Waals surface area contributed by atoms with Gasteiger partial charge in [-0.2, -0.15) is 5.10 Å². The Bertz CT molecular complexity index is 960. The molecule has 2 aromatic carbocycles. The molecule has 6 nitrogen and oxygen atoms in total. The fourth-order valence-corrected chi connectivity index (χ4v) is 2.89. The molecule has 1 amide bonds. The van der Waals surface area contributed by atoms with E-state index in [0.717, 1.165) is 34.7 Å². The third kappa shape index (κ3) is 3.59. The van der Waals surface area contributed by atoms with E-state index >= 15 is 0 Å². The van der Waals surface area contributed by atoms with Crippen LogP contribution in [0.25, 0.3) is 11.0 Å². The molecule has 0 bridgehead atoms. The van der Waals surface area contributed by atoms with Crippen molar-refractivity contribution >= 4 is 23.2 Å². The minimum atomic E-state index is -0.277. The van der Waals surface area contributed by atoms with Gasteiger partial charge in [-0.05, 0) is 51.1 Å². The number of para-hydroxylation sites is 1. The number of fused-ring (bicyclic) bond motifs is 1. The van der Waals surface area contributed by atoms with E-state index in [0.29, 0.717) is 12.2 Å². The predicted molar refractivity (Wildman–Crippen MR) is 103 cm³/mol. The maximum atomic E-state index is 12.4. The predicted octanol–water partition coefficient (Wildman–Crippen LogP) is 3.53. The Hall–Kier alpha value is -3.15. The van der Waals surface area contributed by atoms with E-state index in [9.17, 15) is 4.79 Å². The Kier molecular flexibility index (Phi) is 5.31. The number of benzene rings is 2. The lowest BCUT2D eigenvalue weighted by Gasteiger charge is -2.06. The summed E-state index contributed by atoms with van der Waals surface area (Å²) in [5, 5.41) is 4.05. The molecule has 0 aliphatic rings. The molecule has 26 heavy (non-hydrogen) atoms. The van der Waals surface area contributed by atoms with Gasteiger partial charge in [0.1, 0.15) is 11.6 Å². The molecule has 0 aliphatic carbocycles. The van der Waals surface area contributed by atoms with Crippen LogP contribution in [-0.4, -0.2) is 28.3 Å².